The molecule has 4 rings (SSSR count). The van der Waals surface area contributed by atoms with Crippen LogP contribution in [-0.4, -0.2) is 42.5 Å². The summed E-state index contributed by atoms with van der Waals surface area (Å²) in [5.41, 5.74) is 4.02. The SMILES string of the molecule is COc1cccc(CN(C(=O)COc2cc(C)cc(C)c2)[C@H](Cc2ccccc2)C(=O)NC2CCCC2)c1. The van der Waals surface area contributed by atoms with E-state index in [1.54, 1.807) is 12.0 Å². The average Bonchev–Trinajstić information content (AvgIpc) is 3.42. The lowest BCUT2D eigenvalue weighted by atomic mass is 10.0. The normalized spacial score (nSPS) is 14.1. The van der Waals surface area contributed by atoms with Gasteiger partial charge in [-0.1, -0.05) is 61.4 Å². The van der Waals surface area contributed by atoms with Gasteiger partial charge in [0.15, 0.2) is 6.61 Å². The summed E-state index contributed by atoms with van der Waals surface area (Å²) in [5.74, 6) is 0.987. The summed E-state index contributed by atoms with van der Waals surface area (Å²) < 4.78 is 11.4. The molecule has 38 heavy (non-hydrogen) atoms. The Morgan fingerprint density at radius 2 is 1.58 bits per heavy atom. The molecule has 1 fully saturated rings. The molecular formula is C32H38N2O4. The van der Waals surface area contributed by atoms with Crippen molar-refractivity contribution in [3.63, 3.8) is 0 Å². The molecule has 200 valence electrons. The summed E-state index contributed by atoms with van der Waals surface area (Å²) in [6.07, 6.45) is 4.60. The summed E-state index contributed by atoms with van der Waals surface area (Å²) in [4.78, 5) is 29.2. The van der Waals surface area contributed by atoms with Crippen molar-refractivity contribution >= 4 is 11.8 Å². The predicted octanol–water partition coefficient (Wildman–Crippen LogP) is 5.39. The monoisotopic (exact) mass is 514 g/mol. The molecule has 0 bridgehead atoms. The van der Waals surface area contributed by atoms with Gasteiger partial charge >= 0.3 is 0 Å². The Hall–Kier alpha value is -3.80. The number of nitrogens with one attached hydrogen (secondary N) is 1. The van der Waals surface area contributed by atoms with E-state index in [9.17, 15) is 9.59 Å². The Morgan fingerprint density at radius 3 is 2.26 bits per heavy atom. The minimum absolute atomic E-state index is 0.122. The fraction of sp³-hybridized carbons (Fsp3) is 0.375. The summed E-state index contributed by atoms with van der Waals surface area (Å²) >= 11 is 0. The molecule has 1 saturated carbocycles. The largest absolute Gasteiger partial charge is 0.497 e. The Morgan fingerprint density at radius 1 is 0.895 bits per heavy atom. The topological polar surface area (TPSA) is 67.9 Å². The van der Waals surface area contributed by atoms with Crippen molar-refractivity contribution in [2.24, 2.45) is 0 Å². The number of aryl methyl sites for hydroxylation is 2. The van der Waals surface area contributed by atoms with Gasteiger partial charge in [0, 0.05) is 19.0 Å². The third kappa shape index (κ3) is 7.60. The number of ether oxygens (including phenoxy) is 2. The number of hydrogen-bond acceptors (Lipinski definition) is 4. The predicted molar refractivity (Wildman–Crippen MR) is 149 cm³/mol. The third-order valence-electron chi connectivity index (χ3n) is 7.02. The molecule has 0 unspecified atom stereocenters. The smallest absolute Gasteiger partial charge is 0.261 e. The van der Waals surface area contributed by atoms with E-state index in [0.717, 1.165) is 47.9 Å². The van der Waals surface area contributed by atoms with Crippen molar-refractivity contribution in [2.45, 2.75) is 64.6 Å². The van der Waals surface area contributed by atoms with Crippen LogP contribution in [0.5, 0.6) is 11.5 Å². The van der Waals surface area contributed by atoms with E-state index >= 15 is 0 Å². The zero-order chi connectivity index (χ0) is 26.9. The number of hydrogen-bond donors (Lipinski definition) is 1. The van der Waals surface area contributed by atoms with E-state index in [2.05, 4.69) is 11.4 Å². The molecule has 3 aromatic carbocycles. The first-order valence-electron chi connectivity index (χ1n) is 13.4. The molecule has 6 heteroatoms. The third-order valence-corrected chi connectivity index (χ3v) is 7.02. The highest BCUT2D eigenvalue weighted by molar-refractivity contribution is 5.88. The second-order valence-corrected chi connectivity index (χ2v) is 10.2. The maximum Gasteiger partial charge on any atom is 0.261 e. The van der Waals surface area contributed by atoms with E-state index < -0.39 is 6.04 Å². The first kappa shape index (κ1) is 27.2. The summed E-state index contributed by atoms with van der Waals surface area (Å²) in [5, 5.41) is 3.23. The van der Waals surface area contributed by atoms with Gasteiger partial charge in [0.1, 0.15) is 17.5 Å². The minimum Gasteiger partial charge on any atom is -0.497 e. The number of nitrogens with zero attached hydrogens (tertiary/aromatic N) is 1. The second-order valence-electron chi connectivity index (χ2n) is 10.2. The molecule has 1 aliphatic rings. The van der Waals surface area contributed by atoms with Crippen molar-refractivity contribution in [3.05, 3.63) is 95.1 Å². The van der Waals surface area contributed by atoms with Crippen LogP contribution in [0.2, 0.25) is 0 Å². The molecule has 3 aromatic rings. The zero-order valence-electron chi connectivity index (χ0n) is 22.6. The number of methoxy groups -OCH3 is 1. The Bertz CT molecular complexity index is 1200. The van der Waals surface area contributed by atoms with E-state index in [1.807, 2.05) is 80.6 Å². The molecule has 0 spiro atoms. The van der Waals surface area contributed by atoms with Crippen LogP contribution in [0.25, 0.3) is 0 Å². The van der Waals surface area contributed by atoms with Gasteiger partial charge in [-0.25, -0.2) is 0 Å². The minimum atomic E-state index is -0.681. The van der Waals surface area contributed by atoms with Crippen LogP contribution in [0.4, 0.5) is 0 Å². The molecule has 0 aliphatic heterocycles. The molecule has 0 heterocycles. The van der Waals surface area contributed by atoms with Crippen LogP contribution in [0.15, 0.2) is 72.8 Å². The van der Waals surface area contributed by atoms with Crippen molar-refractivity contribution in [1.82, 2.24) is 10.2 Å². The fourth-order valence-corrected chi connectivity index (χ4v) is 5.13. The number of amides is 2. The molecule has 0 aromatic heterocycles. The van der Waals surface area contributed by atoms with Crippen molar-refractivity contribution in [1.29, 1.82) is 0 Å². The van der Waals surface area contributed by atoms with Gasteiger partial charge in [-0.15, -0.1) is 0 Å². The molecule has 2 amide bonds. The fourth-order valence-electron chi connectivity index (χ4n) is 5.13. The average molecular weight is 515 g/mol. The highest BCUT2D eigenvalue weighted by Crippen LogP contribution is 2.22. The molecular weight excluding hydrogens is 476 g/mol. The second kappa shape index (κ2) is 13.1. The number of carbonyl (C=O) groups excluding carboxylic acids is 2. The molecule has 6 nitrogen and oxygen atoms in total. The van der Waals surface area contributed by atoms with Gasteiger partial charge in [0.2, 0.25) is 5.91 Å². The van der Waals surface area contributed by atoms with Crippen LogP contribution < -0.4 is 14.8 Å². The number of benzene rings is 3. The molecule has 1 aliphatic carbocycles. The highest BCUT2D eigenvalue weighted by atomic mass is 16.5. The highest BCUT2D eigenvalue weighted by Gasteiger charge is 2.32. The lowest BCUT2D eigenvalue weighted by Crippen LogP contribution is -2.53. The standard InChI is InChI=1S/C32H38N2O4/c1-23-16-24(2)18-29(17-23)38-22-31(35)34(21-26-12-9-15-28(19-26)37-3)30(20-25-10-5-4-6-11-25)32(36)33-27-13-7-8-14-27/h4-6,9-12,15-19,27,30H,7-8,13-14,20-22H2,1-3H3,(H,33,36)/t30-/m1/s1. The first-order chi connectivity index (χ1) is 18.4. The van der Waals surface area contributed by atoms with Crippen LogP contribution >= 0.6 is 0 Å². The summed E-state index contributed by atoms with van der Waals surface area (Å²) in [6, 6.07) is 22.8. The van der Waals surface area contributed by atoms with Crippen molar-refractivity contribution in [3.8, 4) is 11.5 Å². The van der Waals surface area contributed by atoms with E-state index in [0.29, 0.717) is 17.9 Å². The van der Waals surface area contributed by atoms with E-state index in [1.165, 1.54) is 0 Å². The molecule has 0 radical (unpaired) electrons. The maximum atomic E-state index is 13.8. The van der Waals surface area contributed by atoms with E-state index in [4.69, 9.17) is 9.47 Å². The van der Waals surface area contributed by atoms with Crippen LogP contribution in [0.1, 0.15) is 47.9 Å². The summed E-state index contributed by atoms with van der Waals surface area (Å²) in [7, 11) is 1.62. The quantitative estimate of drug-likeness (QED) is 0.373. The molecule has 0 saturated heterocycles. The number of carbonyl (C=O) groups is 2. The molecule has 1 N–H and O–H groups in total. The Labute approximate surface area is 226 Å². The lowest BCUT2D eigenvalue weighted by Gasteiger charge is -2.32. The van der Waals surface area contributed by atoms with Gasteiger partial charge in [-0.3, -0.25) is 9.59 Å². The van der Waals surface area contributed by atoms with Crippen molar-refractivity contribution in [2.75, 3.05) is 13.7 Å². The zero-order valence-corrected chi connectivity index (χ0v) is 22.6. The first-order valence-corrected chi connectivity index (χ1v) is 13.4. The van der Waals surface area contributed by atoms with Gasteiger partial charge in [-0.2, -0.15) is 0 Å². The van der Waals surface area contributed by atoms with E-state index in [-0.39, 0.29) is 31.0 Å². The number of rotatable bonds is 11. The van der Waals surface area contributed by atoms with Crippen LogP contribution in [-0.2, 0) is 22.6 Å². The maximum absolute atomic E-state index is 13.8. The van der Waals surface area contributed by atoms with Gasteiger partial charge in [-0.05, 0) is 73.2 Å². The summed E-state index contributed by atoms with van der Waals surface area (Å²) in [6.45, 7) is 4.11. The van der Waals surface area contributed by atoms with Crippen LogP contribution in [0, 0.1) is 13.8 Å². The van der Waals surface area contributed by atoms with Gasteiger partial charge in [0.05, 0.1) is 7.11 Å². The lowest BCUT2D eigenvalue weighted by molar-refractivity contribution is -0.143. The molecule has 1 atom stereocenters. The van der Waals surface area contributed by atoms with Crippen LogP contribution in [0.3, 0.4) is 0 Å². The Kier molecular flexibility index (Phi) is 9.41. The van der Waals surface area contributed by atoms with Crippen molar-refractivity contribution < 1.29 is 19.1 Å². The van der Waals surface area contributed by atoms with Gasteiger partial charge in [0.25, 0.3) is 5.91 Å². The van der Waals surface area contributed by atoms with Gasteiger partial charge < -0.3 is 19.7 Å². The Balaban J connectivity index is 1.63.